The van der Waals surface area contributed by atoms with Gasteiger partial charge < -0.3 is 28.6 Å². The van der Waals surface area contributed by atoms with E-state index in [2.05, 4.69) is 62.5 Å². The number of quaternary nitrogens is 1. The number of carboxylic acids is 1. The van der Waals surface area contributed by atoms with Gasteiger partial charge in [-0.3, -0.25) is 9.59 Å². The summed E-state index contributed by atoms with van der Waals surface area (Å²) in [5.74, 6) is -1.77. The van der Waals surface area contributed by atoms with Crippen molar-refractivity contribution in [2.75, 3.05) is 41.0 Å². The fourth-order valence-corrected chi connectivity index (χ4v) is 6.65. The van der Waals surface area contributed by atoms with Crippen LogP contribution in [0.1, 0.15) is 194 Å². The molecule has 0 aromatic rings. The minimum atomic E-state index is -1.13. The molecular weight excluding hydrogens is 715 g/mol. The van der Waals surface area contributed by atoms with E-state index in [0.29, 0.717) is 12.8 Å². The van der Waals surface area contributed by atoms with Crippen LogP contribution >= 0.6 is 0 Å². The summed E-state index contributed by atoms with van der Waals surface area (Å²) in [5.41, 5.74) is 0. The van der Waals surface area contributed by atoms with Gasteiger partial charge in [0.25, 0.3) is 0 Å². The van der Waals surface area contributed by atoms with E-state index in [1.807, 2.05) is 0 Å². The highest BCUT2D eigenvalue weighted by atomic mass is 16.6. The lowest BCUT2D eigenvalue weighted by Crippen LogP contribution is -2.55. The zero-order valence-corrected chi connectivity index (χ0v) is 37.5. The summed E-state index contributed by atoms with van der Waals surface area (Å²) in [5, 5.41) is 11.6. The van der Waals surface area contributed by atoms with Gasteiger partial charge in [0, 0.05) is 19.3 Å². The maximum Gasteiger partial charge on any atom is 0.306 e. The Kier molecular flexibility index (Phi) is 38.2. The van der Waals surface area contributed by atoms with E-state index >= 15 is 0 Å². The molecule has 2 unspecified atom stereocenters. The fourth-order valence-electron chi connectivity index (χ4n) is 6.65. The second-order valence-electron chi connectivity index (χ2n) is 16.6. The van der Waals surface area contributed by atoms with Gasteiger partial charge in [-0.25, -0.2) is 0 Å². The molecule has 0 spiro atoms. The van der Waals surface area contributed by atoms with Gasteiger partial charge in [0.2, 0.25) is 0 Å². The van der Waals surface area contributed by atoms with E-state index in [0.717, 1.165) is 70.6 Å². The van der Waals surface area contributed by atoms with Crippen molar-refractivity contribution < 1.29 is 38.2 Å². The summed E-state index contributed by atoms with van der Waals surface area (Å²) in [4.78, 5) is 36.9. The van der Waals surface area contributed by atoms with Crippen molar-refractivity contribution in [2.45, 2.75) is 206 Å². The third kappa shape index (κ3) is 38.6. The number of carboxylic acid groups (broad SMARTS) is 1. The van der Waals surface area contributed by atoms with Crippen LogP contribution in [-0.2, 0) is 28.6 Å². The highest BCUT2D eigenvalue weighted by molar-refractivity contribution is 5.70. The summed E-state index contributed by atoms with van der Waals surface area (Å²) < 4.78 is 17.2. The van der Waals surface area contributed by atoms with Gasteiger partial charge in [0.15, 0.2) is 6.10 Å². The Hall–Kier alpha value is -2.71. The minimum absolute atomic E-state index is 0.0316. The smallest absolute Gasteiger partial charge is 0.306 e. The van der Waals surface area contributed by atoms with Crippen molar-refractivity contribution in [3.8, 4) is 0 Å². The van der Waals surface area contributed by atoms with E-state index in [1.165, 1.54) is 89.9 Å². The molecule has 0 aliphatic carbocycles. The lowest BCUT2D eigenvalue weighted by atomic mass is 10.0. The van der Waals surface area contributed by atoms with Crippen molar-refractivity contribution in [3.05, 3.63) is 48.6 Å². The van der Waals surface area contributed by atoms with Crippen LogP contribution in [0.4, 0.5) is 0 Å². The molecule has 0 N–H and O–H groups in total. The maximum atomic E-state index is 12.7. The van der Waals surface area contributed by atoms with E-state index in [4.69, 9.17) is 14.2 Å². The largest absolute Gasteiger partial charge is 0.544 e. The number of allylic oxidation sites excluding steroid dienone is 8. The molecule has 0 aliphatic rings. The number of aliphatic carboxylic acids is 1. The zero-order chi connectivity index (χ0) is 42.1. The van der Waals surface area contributed by atoms with Gasteiger partial charge in [0.05, 0.1) is 40.3 Å². The molecule has 0 fully saturated rings. The highest BCUT2D eigenvalue weighted by Crippen LogP contribution is 2.15. The molecule has 0 bridgehead atoms. The molecule has 57 heavy (non-hydrogen) atoms. The number of esters is 2. The average Bonchev–Trinajstić information content (AvgIpc) is 3.17. The molecule has 0 heterocycles. The predicted molar refractivity (Wildman–Crippen MR) is 236 cm³/mol. The molecule has 0 aromatic heterocycles. The number of nitrogens with zero attached hydrogens (tertiary/aromatic N) is 1. The summed E-state index contributed by atoms with van der Waals surface area (Å²) in [6, 6.07) is -0.730. The van der Waals surface area contributed by atoms with Crippen LogP contribution in [-0.4, -0.2) is 75.5 Å². The number of ether oxygens (including phenoxy) is 3. The monoisotopic (exact) mass is 802 g/mol. The second-order valence-corrected chi connectivity index (χ2v) is 16.6. The lowest BCUT2D eigenvalue weighted by molar-refractivity contribution is -0.889. The van der Waals surface area contributed by atoms with Crippen LogP contribution in [0.3, 0.4) is 0 Å². The van der Waals surface area contributed by atoms with E-state index in [1.54, 1.807) is 21.1 Å². The number of rotatable bonds is 41. The van der Waals surface area contributed by atoms with Crippen LogP contribution in [0, 0.1) is 0 Å². The van der Waals surface area contributed by atoms with Crippen molar-refractivity contribution in [1.29, 1.82) is 0 Å². The van der Waals surface area contributed by atoms with Gasteiger partial charge in [-0.1, -0.05) is 172 Å². The Labute approximate surface area is 350 Å². The molecular formula is C49H87NO7. The quantitative estimate of drug-likeness (QED) is 0.0262. The Morgan fingerprint density at radius 1 is 0.544 bits per heavy atom. The Bertz CT molecular complexity index is 1070. The van der Waals surface area contributed by atoms with Crippen molar-refractivity contribution in [2.24, 2.45) is 0 Å². The summed E-state index contributed by atoms with van der Waals surface area (Å²) in [6.45, 7) is 4.53. The molecule has 8 nitrogen and oxygen atoms in total. The van der Waals surface area contributed by atoms with Gasteiger partial charge in [-0.15, -0.1) is 0 Å². The third-order valence-electron chi connectivity index (χ3n) is 10.2. The summed E-state index contributed by atoms with van der Waals surface area (Å²) >= 11 is 0. The van der Waals surface area contributed by atoms with Gasteiger partial charge in [0.1, 0.15) is 12.6 Å². The first-order valence-electron chi connectivity index (χ1n) is 23.2. The minimum Gasteiger partial charge on any atom is -0.544 e. The first-order valence-corrected chi connectivity index (χ1v) is 23.2. The van der Waals surface area contributed by atoms with E-state index in [9.17, 15) is 19.5 Å². The molecule has 0 amide bonds. The van der Waals surface area contributed by atoms with Crippen molar-refractivity contribution >= 4 is 17.9 Å². The molecule has 0 aromatic carbocycles. The maximum absolute atomic E-state index is 12.7. The van der Waals surface area contributed by atoms with Crippen LogP contribution in [0.25, 0.3) is 0 Å². The lowest BCUT2D eigenvalue weighted by Gasteiger charge is -2.34. The van der Waals surface area contributed by atoms with Crippen LogP contribution < -0.4 is 5.11 Å². The molecule has 2 atom stereocenters. The zero-order valence-electron chi connectivity index (χ0n) is 37.5. The Balaban J connectivity index is 4.35. The molecule has 0 radical (unpaired) electrons. The summed E-state index contributed by atoms with van der Waals surface area (Å²) in [7, 11) is 5.40. The number of unbranched alkanes of at least 4 members (excludes halogenated alkanes) is 19. The van der Waals surface area contributed by atoms with E-state index in [-0.39, 0.29) is 42.7 Å². The van der Waals surface area contributed by atoms with Crippen molar-refractivity contribution in [1.82, 2.24) is 0 Å². The number of hydrogen-bond acceptors (Lipinski definition) is 7. The van der Waals surface area contributed by atoms with Crippen LogP contribution in [0.5, 0.6) is 0 Å². The SMILES string of the molecule is CC/C=C/C/C=C/C/C=C/C/C=C/CCCCCC(=O)OCC(COCCC(C(=O)[O-])[N+](C)(C)C)OC(=O)CCCCCCCCCCCCCCCCCCC. The topological polar surface area (TPSA) is 102 Å². The molecule has 0 rings (SSSR count). The normalized spacial score (nSPS) is 13.4. The van der Waals surface area contributed by atoms with Gasteiger partial charge in [-0.05, 0) is 51.4 Å². The van der Waals surface area contributed by atoms with Crippen LogP contribution in [0.15, 0.2) is 48.6 Å². The number of carbonyl (C=O) groups is 3. The second kappa shape index (κ2) is 40.1. The predicted octanol–water partition coefficient (Wildman–Crippen LogP) is 11.5. The molecule has 0 aliphatic heterocycles. The molecule has 8 heteroatoms. The molecule has 330 valence electrons. The standard InChI is InChI=1S/C49H87NO7/c1-6-8-10-12-14-16-18-20-22-24-26-28-30-32-34-36-38-40-48(52)57-45(43-55-42-41-46(49(53)54)50(3,4)5)44-56-47(51)39-37-35-33-31-29-27-25-23-21-19-17-15-13-11-9-7-2/h9,11,15,17,21,23,27,29,45-46H,6-8,10,12-14,16,18-20,22,24-26,28,30-44H2,1-5H3/b11-9+,17-15+,23-21+,29-27+. The highest BCUT2D eigenvalue weighted by Gasteiger charge is 2.25. The summed E-state index contributed by atoms with van der Waals surface area (Å²) in [6.07, 6.45) is 47.1. The van der Waals surface area contributed by atoms with Crippen molar-refractivity contribution in [3.63, 3.8) is 0 Å². The first-order chi connectivity index (χ1) is 27.6. The average molecular weight is 802 g/mol. The van der Waals surface area contributed by atoms with E-state index < -0.39 is 18.1 Å². The fraction of sp³-hybridized carbons (Fsp3) is 0.776. The third-order valence-corrected chi connectivity index (χ3v) is 10.2. The number of carbonyl (C=O) groups excluding carboxylic acids is 3. The number of hydrogen-bond donors (Lipinski definition) is 0. The van der Waals surface area contributed by atoms with Gasteiger partial charge in [-0.2, -0.15) is 0 Å². The van der Waals surface area contributed by atoms with Gasteiger partial charge >= 0.3 is 11.9 Å². The van der Waals surface area contributed by atoms with Crippen LogP contribution in [0.2, 0.25) is 0 Å². The first kappa shape index (κ1) is 54.3. The molecule has 0 saturated carbocycles. The molecule has 0 saturated heterocycles. The Morgan fingerprint density at radius 3 is 1.46 bits per heavy atom. The number of likely N-dealkylation sites (N-methyl/N-ethyl adjacent to an activating group) is 1. The Morgan fingerprint density at radius 2 is 0.982 bits per heavy atom.